The fraction of sp³-hybridized carbons (Fsp3) is 0.300. The first-order chi connectivity index (χ1) is 5.70. The largest absolute Gasteiger partial charge is 0.350 e. The normalized spacial score (nSPS) is 12.2. The van der Waals surface area contributed by atoms with Gasteiger partial charge in [0, 0.05) is 6.92 Å². The maximum atomic E-state index is 10.7. The third-order valence-corrected chi connectivity index (χ3v) is 1.72. The molecule has 2 nitrogen and oxygen atoms in total. The average Bonchev–Trinajstić information content (AvgIpc) is 2.05. The van der Waals surface area contributed by atoms with Gasteiger partial charge in [-0.1, -0.05) is 30.3 Å². The molecular formula is C10H13NO. The maximum absolute atomic E-state index is 10.7. The molecule has 0 unspecified atom stereocenters. The second kappa shape index (κ2) is 3.90. The Morgan fingerprint density at radius 3 is 2.42 bits per heavy atom. The lowest BCUT2D eigenvalue weighted by Gasteiger charge is -2.11. The molecular weight excluding hydrogens is 150 g/mol. The molecule has 0 radical (unpaired) electrons. The van der Waals surface area contributed by atoms with Crippen molar-refractivity contribution in [2.24, 2.45) is 0 Å². The van der Waals surface area contributed by atoms with Crippen molar-refractivity contribution in [3.05, 3.63) is 35.9 Å². The van der Waals surface area contributed by atoms with E-state index in [1.807, 2.05) is 37.3 Å². The van der Waals surface area contributed by atoms with Crippen LogP contribution in [0.1, 0.15) is 25.5 Å². The topological polar surface area (TPSA) is 29.1 Å². The Kier molecular flexibility index (Phi) is 2.86. The molecule has 0 spiro atoms. The van der Waals surface area contributed by atoms with Gasteiger partial charge in [-0.25, -0.2) is 0 Å². The van der Waals surface area contributed by atoms with E-state index in [1.54, 1.807) is 0 Å². The highest BCUT2D eigenvalue weighted by Crippen LogP contribution is 2.10. The van der Waals surface area contributed by atoms with Crippen LogP contribution in [0.3, 0.4) is 0 Å². The molecule has 0 aromatic heterocycles. The zero-order valence-corrected chi connectivity index (χ0v) is 7.37. The van der Waals surface area contributed by atoms with Crippen molar-refractivity contribution in [2.45, 2.75) is 19.9 Å². The quantitative estimate of drug-likeness (QED) is 0.708. The molecule has 0 fully saturated rings. The zero-order chi connectivity index (χ0) is 8.97. The molecule has 1 amide bonds. The molecule has 2 heteroatoms. The monoisotopic (exact) mass is 163 g/mol. The van der Waals surface area contributed by atoms with Crippen molar-refractivity contribution in [3.63, 3.8) is 0 Å². The van der Waals surface area contributed by atoms with Crippen LogP contribution >= 0.6 is 0 Å². The van der Waals surface area contributed by atoms with Crippen molar-refractivity contribution in [1.82, 2.24) is 5.32 Å². The van der Waals surface area contributed by atoms with Crippen LogP contribution in [0.4, 0.5) is 0 Å². The minimum atomic E-state index is 0.00588. The Balaban J connectivity index is 2.65. The maximum Gasteiger partial charge on any atom is 0.217 e. The standard InChI is InChI=1S/C10H13NO/c1-8(11-9(2)12)10-6-4-3-5-7-10/h3-8H,1-2H3,(H,11,12)/t8-/m1/s1. The highest BCUT2D eigenvalue weighted by Gasteiger charge is 2.03. The summed E-state index contributed by atoms with van der Waals surface area (Å²) in [6, 6.07) is 10.00. The smallest absolute Gasteiger partial charge is 0.217 e. The lowest BCUT2D eigenvalue weighted by molar-refractivity contribution is -0.119. The molecule has 0 saturated carbocycles. The lowest BCUT2D eigenvalue weighted by Crippen LogP contribution is -2.23. The van der Waals surface area contributed by atoms with Crippen molar-refractivity contribution < 1.29 is 4.79 Å². The SMILES string of the molecule is CC(=O)N[C@H](C)c1ccccc1. The first kappa shape index (κ1) is 8.78. The molecule has 1 atom stereocenters. The summed E-state index contributed by atoms with van der Waals surface area (Å²) in [7, 11) is 0. The number of carbonyl (C=O) groups excluding carboxylic acids is 1. The van der Waals surface area contributed by atoms with Gasteiger partial charge in [0.25, 0.3) is 0 Å². The van der Waals surface area contributed by atoms with Gasteiger partial charge in [-0.3, -0.25) is 4.79 Å². The van der Waals surface area contributed by atoms with Crippen LogP contribution in [0.25, 0.3) is 0 Å². The Morgan fingerprint density at radius 2 is 1.92 bits per heavy atom. The van der Waals surface area contributed by atoms with E-state index in [4.69, 9.17) is 0 Å². The van der Waals surface area contributed by atoms with Crippen LogP contribution in [0.15, 0.2) is 30.3 Å². The molecule has 0 aliphatic rings. The van der Waals surface area contributed by atoms with E-state index in [2.05, 4.69) is 5.32 Å². The molecule has 0 bridgehead atoms. The average molecular weight is 163 g/mol. The van der Waals surface area contributed by atoms with E-state index in [0.717, 1.165) is 5.56 Å². The van der Waals surface area contributed by atoms with Crippen LogP contribution in [0, 0.1) is 0 Å². The summed E-state index contributed by atoms with van der Waals surface area (Å²) in [5.74, 6) is 0.00588. The van der Waals surface area contributed by atoms with Crippen LogP contribution in [0.2, 0.25) is 0 Å². The Hall–Kier alpha value is -1.31. The third kappa shape index (κ3) is 2.38. The van der Waals surface area contributed by atoms with Gasteiger partial charge in [-0.15, -0.1) is 0 Å². The molecule has 0 heterocycles. The lowest BCUT2D eigenvalue weighted by atomic mass is 10.1. The summed E-state index contributed by atoms with van der Waals surface area (Å²) in [5.41, 5.74) is 1.13. The number of benzene rings is 1. The molecule has 1 N–H and O–H groups in total. The summed E-state index contributed by atoms with van der Waals surface area (Å²) in [5, 5.41) is 2.82. The van der Waals surface area contributed by atoms with E-state index >= 15 is 0 Å². The van der Waals surface area contributed by atoms with E-state index in [-0.39, 0.29) is 11.9 Å². The van der Waals surface area contributed by atoms with Gasteiger partial charge < -0.3 is 5.32 Å². The van der Waals surface area contributed by atoms with E-state index in [0.29, 0.717) is 0 Å². The van der Waals surface area contributed by atoms with Gasteiger partial charge in [0.05, 0.1) is 6.04 Å². The fourth-order valence-electron chi connectivity index (χ4n) is 1.13. The number of hydrogen-bond acceptors (Lipinski definition) is 1. The molecule has 0 aliphatic heterocycles. The highest BCUT2D eigenvalue weighted by atomic mass is 16.1. The number of carbonyl (C=O) groups is 1. The minimum Gasteiger partial charge on any atom is -0.350 e. The molecule has 1 aromatic carbocycles. The van der Waals surface area contributed by atoms with Crippen LogP contribution < -0.4 is 5.32 Å². The van der Waals surface area contributed by atoms with Gasteiger partial charge in [-0.2, -0.15) is 0 Å². The Bertz CT molecular complexity index is 256. The minimum absolute atomic E-state index is 0.00588. The Morgan fingerprint density at radius 1 is 1.33 bits per heavy atom. The predicted molar refractivity (Wildman–Crippen MR) is 48.7 cm³/mol. The molecule has 64 valence electrons. The van der Waals surface area contributed by atoms with Crippen LogP contribution in [-0.4, -0.2) is 5.91 Å². The highest BCUT2D eigenvalue weighted by molar-refractivity contribution is 5.73. The van der Waals surface area contributed by atoms with Crippen molar-refractivity contribution in [1.29, 1.82) is 0 Å². The second-order valence-electron chi connectivity index (χ2n) is 2.83. The third-order valence-electron chi connectivity index (χ3n) is 1.72. The zero-order valence-electron chi connectivity index (χ0n) is 7.37. The number of amides is 1. The van der Waals surface area contributed by atoms with Crippen molar-refractivity contribution >= 4 is 5.91 Å². The van der Waals surface area contributed by atoms with E-state index < -0.39 is 0 Å². The summed E-state index contributed by atoms with van der Waals surface area (Å²) in [4.78, 5) is 10.7. The molecule has 1 aromatic rings. The fourth-order valence-corrected chi connectivity index (χ4v) is 1.13. The molecule has 1 rings (SSSR count). The van der Waals surface area contributed by atoms with E-state index in [9.17, 15) is 4.79 Å². The molecule has 0 aliphatic carbocycles. The van der Waals surface area contributed by atoms with Crippen LogP contribution in [0.5, 0.6) is 0 Å². The molecule has 12 heavy (non-hydrogen) atoms. The number of rotatable bonds is 2. The first-order valence-corrected chi connectivity index (χ1v) is 4.02. The Labute approximate surface area is 72.6 Å². The van der Waals surface area contributed by atoms with Crippen molar-refractivity contribution in [3.8, 4) is 0 Å². The van der Waals surface area contributed by atoms with Crippen LogP contribution in [-0.2, 0) is 4.79 Å². The van der Waals surface area contributed by atoms with Gasteiger partial charge in [0.1, 0.15) is 0 Å². The second-order valence-corrected chi connectivity index (χ2v) is 2.83. The van der Waals surface area contributed by atoms with Crippen molar-refractivity contribution in [2.75, 3.05) is 0 Å². The summed E-state index contributed by atoms with van der Waals surface area (Å²) in [6.45, 7) is 3.50. The first-order valence-electron chi connectivity index (χ1n) is 4.02. The number of nitrogens with one attached hydrogen (secondary N) is 1. The van der Waals surface area contributed by atoms with Gasteiger partial charge in [-0.05, 0) is 12.5 Å². The van der Waals surface area contributed by atoms with E-state index in [1.165, 1.54) is 6.92 Å². The van der Waals surface area contributed by atoms with Gasteiger partial charge >= 0.3 is 0 Å². The van der Waals surface area contributed by atoms with Gasteiger partial charge in [0.15, 0.2) is 0 Å². The summed E-state index contributed by atoms with van der Waals surface area (Å²) >= 11 is 0. The summed E-state index contributed by atoms with van der Waals surface area (Å²) in [6.07, 6.45) is 0. The summed E-state index contributed by atoms with van der Waals surface area (Å²) < 4.78 is 0. The predicted octanol–water partition coefficient (Wildman–Crippen LogP) is 1.88. The molecule has 0 saturated heterocycles. The number of hydrogen-bond donors (Lipinski definition) is 1. The van der Waals surface area contributed by atoms with Gasteiger partial charge in [0.2, 0.25) is 5.91 Å².